The molecule has 65 heavy (non-hydrogen) atoms. The molecule has 13 rings (SSSR count). The van der Waals surface area contributed by atoms with Crippen LogP contribution in [-0.2, 0) is 10.8 Å². The summed E-state index contributed by atoms with van der Waals surface area (Å²) in [6, 6.07) is 79.0. The first kappa shape index (κ1) is 37.4. The van der Waals surface area contributed by atoms with Crippen molar-refractivity contribution in [2.45, 2.75) is 24.7 Å². The molecule has 0 radical (unpaired) electrons. The summed E-state index contributed by atoms with van der Waals surface area (Å²) >= 11 is 0. The molecule has 0 bridgehead atoms. The van der Waals surface area contributed by atoms with E-state index in [1.165, 1.54) is 72.0 Å². The van der Waals surface area contributed by atoms with Gasteiger partial charge in [0.25, 0.3) is 0 Å². The highest BCUT2D eigenvalue weighted by atomic mass is 15.0. The lowest BCUT2D eigenvalue weighted by Gasteiger charge is -2.50. The second kappa shape index (κ2) is 14.2. The molecule has 0 saturated carbocycles. The number of benzene rings is 9. The fourth-order valence-corrected chi connectivity index (χ4v) is 11.1. The topological polar surface area (TPSA) is 43.6 Å². The normalized spacial score (nSPS) is 15.4. The Morgan fingerprint density at radius 1 is 0.323 bits per heavy atom. The first-order valence-electron chi connectivity index (χ1n) is 22.4. The quantitative estimate of drug-likeness (QED) is 0.174. The van der Waals surface area contributed by atoms with Crippen molar-refractivity contribution in [2.24, 2.45) is 0 Å². The van der Waals surface area contributed by atoms with Crippen LogP contribution in [0.15, 0.2) is 218 Å². The van der Waals surface area contributed by atoms with Gasteiger partial charge < -0.3 is 4.57 Å². The Balaban J connectivity index is 1.04. The lowest BCUT2D eigenvalue weighted by Crippen LogP contribution is -2.44. The summed E-state index contributed by atoms with van der Waals surface area (Å²) in [4.78, 5) is 15.8. The summed E-state index contributed by atoms with van der Waals surface area (Å²) in [5, 5.41) is 2.54. The van der Waals surface area contributed by atoms with Crippen molar-refractivity contribution < 1.29 is 0 Å². The maximum atomic E-state index is 5.31. The summed E-state index contributed by atoms with van der Waals surface area (Å²) in [7, 11) is 0. The van der Waals surface area contributed by atoms with Crippen molar-refractivity contribution in [1.29, 1.82) is 0 Å². The van der Waals surface area contributed by atoms with E-state index >= 15 is 0 Å². The molecule has 2 aromatic heterocycles. The monoisotopic (exact) mass is 830 g/mol. The second-order valence-electron chi connectivity index (χ2n) is 17.9. The number of aromatic nitrogens is 4. The van der Waals surface area contributed by atoms with Crippen molar-refractivity contribution in [3.05, 3.63) is 252 Å². The van der Waals surface area contributed by atoms with Gasteiger partial charge >= 0.3 is 0 Å². The minimum absolute atomic E-state index is 0.348. The number of para-hydroxylation sites is 3. The van der Waals surface area contributed by atoms with Gasteiger partial charge in [-0.2, -0.15) is 0 Å². The van der Waals surface area contributed by atoms with Gasteiger partial charge in [0.2, 0.25) is 0 Å². The highest BCUT2D eigenvalue weighted by Crippen LogP contribution is 2.60. The summed E-state index contributed by atoms with van der Waals surface area (Å²) in [6.07, 6.45) is 0. The van der Waals surface area contributed by atoms with Crippen LogP contribution in [-0.4, -0.2) is 19.5 Å². The van der Waals surface area contributed by atoms with Crippen LogP contribution >= 0.6 is 0 Å². The standard InChI is InChI=1S/C61H42N4/c1-60(2)48-22-10-11-23-49(48)61(51-24-12-14-27-55(51)65-54-26-13-9-20-46(54)47-21-15-25-52(61)56(47)65)50-37-36-45(38-53(50)60)59-63-57(43-32-28-41(29-33-43)39-16-5-3-6-17-39)62-58(64-59)44-34-30-42(31-35-44)40-18-7-4-8-19-40/h3-38H,1-2H3. The number of hydrogen-bond donors (Lipinski definition) is 0. The van der Waals surface area contributed by atoms with Crippen molar-refractivity contribution >= 4 is 21.8 Å². The third-order valence-electron chi connectivity index (χ3n) is 14.1. The van der Waals surface area contributed by atoms with Crippen LogP contribution in [0, 0.1) is 0 Å². The van der Waals surface area contributed by atoms with E-state index in [2.05, 4.69) is 225 Å². The first-order chi connectivity index (χ1) is 32.0. The zero-order chi connectivity index (χ0) is 43.3. The van der Waals surface area contributed by atoms with Crippen LogP contribution in [0.25, 0.3) is 83.9 Å². The maximum absolute atomic E-state index is 5.31. The second-order valence-corrected chi connectivity index (χ2v) is 17.9. The highest BCUT2D eigenvalue weighted by molar-refractivity contribution is 6.12. The highest BCUT2D eigenvalue weighted by Gasteiger charge is 2.52. The Morgan fingerprint density at radius 3 is 1.42 bits per heavy atom. The third-order valence-corrected chi connectivity index (χ3v) is 14.1. The van der Waals surface area contributed by atoms with Crippen LogP contribution in [0.4, 0.5) is 0 Å². The van der Waals surface area contributed by atoms with Gasteiger partial charge in [0, 0.05) is 32.9 Å². The van der Waals surface area contributed by atoms with E-state index in [1.807, 2.05) is 12.1 Å². The molecule has 4 heteroatoms. The fourth-order valence-electron chi connectivity index (χ4n) is 11.1. The summed E-state index contributed by atoms with van der Waals surface area (Å²) in [5.74, 6) is 1.91. The van der Waals surface area contributed by atoms with Crippen LogP contribution in [0.2, 0.25) is 0 Å². The first-order valence-corrected chi connectivity index (χ1v) is 22.4. The fraction of sp³-hybridized carbons (Fsp3) is 0.0656. The van der Waals surface area contributed by atoms with Crippen molar-refractivity contribution in [1.82, 2.24) is 19.5 Å². The zero-order valence-electron chi connectivity index (χ0n) is 36.1. The van der Waals surface area contributed by atoms with E-state index in [0.29, 0.717) is 17.5 Å². The molecule has 1 aliphatic heterocycles. The molecule has 1 unspecified atom stereocenters. The number of hydrogen-bond acceptors (Lipinski definition) is 3. The summed E-state index contributed by atoms with van der Waals surface area (Å²) in [5.41, 5.74) is 18.0. The van der Waals surface area contributed by atoms with E-state index in [4.69, 9.17) is 15.0 Å². The molecule has 4 nitrogen and oxygen atoms in total. The minimum Gasteiger partial charge on any atom is -0.309 e. The Kier molecular flexibility index (Phi) is 8.13. The molecule has 9 aromatic carbocycles. The van der Waals surface area contributed by atoms with Gasteiger partial charge in [-0.15, -0.1) is 0 Å². The van der Waals surface area contributed by atoms with E-state index in [1.54, 1.807) is 0 Å². The van der Waals surface area contributed by atoms with E-state index < -0.39 is 5.41 Å². The molecule has 306 valence electrons. The summed E-state index contributed by atoms with van der Waals surface area (Å²) in [6.45, 7) is 4.75. The van der Waals surface area contributed by atoms with Gasteiger partial charge in [0.15, 0.2) is 17.5 Å². The smallest absolute Gasteiger partial charge is 0.164 e. The van der Waals surface area contributed by atoms with Crippen molar-refractivity contribution in [2.75, 3.05) is 0 Å². The molecule has 1 atom stereocenters. The molecule has 0 amide bonds. The van der Waals surface area contributed by atoms with E-state index in [9.17, 15) is 0 Å². The van der Waals surface area contributed by atoms with Crippen LogP contribution in [0.1, 0.15) is 47.2 Å². The third kappa shape index (κ3) is 5.47. The lowest BCUT2D eigenvalue weighted by molar-refractivity contribution is 0.556. The number of rotatable bonds is 5. The molecule has 1 spiro atoms. The van der Waals surface area contributed by atoms with Crippen molar-refractivity contribution in [3.63, 3.8) is 0 Å². The van der Waals surface area contributed by atoms with Gasteiger partial charge in [-0.25, -0.2) is 15.0 Å². The lowest BCUT2D eigenvalue weighted by atomic mass is 9.53. The van der Waals surface area contributed by atoms with Gasteiger partial charge in [-0.05, 0) is 73.8 Å². The molecule has 3 heterocycles. The Labute approximate surface area is 378 Å². The predicted octanol–water partition coefficient (Wildman–Crippen LogP) is 14.6. The molecule has 2 aliphatic rings. The number of nitrogens with zero attached hydrogens (tertiary/aromatic N) is 4. The molecule has 1 aliphatic carbocycles. The molecule has 11 aromatic rings. The Bertz CT molecular complexity index is 3560. The molecule has 0 saturated heterocycles. The molecule has 0 N–H and O–H groups in total. The van der Waals surface area contributed by atoms with E-state index in [0.717, 1.165) is 27.8 Å². The minimum atomic E-state index is -0.586. The Hall–Kier alpha value is -8.21. The SMILES string of the molecule is CC1(C)c2ccccc2C2(c3ccccc3-n3c4ccccc4c4cccc2c43)c2ccc(-c3nc(-c4ccc(-c5ccccc5)cc4)nc(-c4ccc(-c5ccccc5)cc4)n3)cc21. The number of fused-ring (bicyclic) bond motifs is 11. The molecular weight excluding hydrogens is 789 g/mol. The molecular formula is C61H42N4. The predicted molar refractivity (Wildman–Crippen MR) is 265 cm³/mol. The average molecular weight is 831 g/mol. The maximum Gasteiger partial charge on any atom is 0.164 e. The summed E-state index contributed by atoms with van der Waals surface area (Å²) < 4.78 is 2.50. The van der Waals surface area contributed by atoms with Gasteiger partial charge in [0.05, 0.1) is 22.1 Å². The zero-order valence-corrected chi connectivity index (χ0v) is 36.1. The van der Waals surface area contributed by atoms with Gasteiger partial charge in [-0.3, -0.25) is 0 Å². The Morgan fingerprint density at radius 2 is 0.769 bits per heavy atom. The largest absolute Gasteiger partial charge is 0.309 e. The van der Waals surface area contributed by atoms with Crippen LogP contribution < -0.4 is 0 Å². The van der Waals surface area contributed by atoms with Gasteiger partial charge in [-0.1, -0.05) is 214 Å². The van der Waals surface area contributed by atoms with Crippen molar-refractivity contribution in [3.8, 4) is 62.1 Å². The van der Waals surface area contributed by atoms with Crippen LogP contribution in [0.5, 0.6) is 0 Å². The molecule has 0 fully saturated rings. The van der Waals surface area contributed by atoms with Crippen LogP contribution in [0.3, 0.4) is 0 Å². The van der Waals surface area contributed by atoms with Gasteiger partial charge in [0.1, 0.15) is 0 Å². The van der Waals surface area contributed by atoms with E-state index in [-0.39, 0.29) is 5.41 Å². The average Bonchev–Trinajstić information content (AvgIpc) is 3.72.